The topological polar surface area (TPSA) is 90.0 Å². The summed E-state index contributed by atoms with van der Waals surface area (Å²) >= 11 is 0. The number of carbonyl (C=O) groups is 1. The Hall–Kier alpha value is -3.04. The molecule has 0 aliphatic carbocycles. The fourth-order valence-electron chi connectivity index (χ4n) is 3.31. The van der Waals surface area contributed by atoms with Crippen LogP contribution in [0.4, 0.5) is 10.1 Å². The molecule has 9 heteroatoms. The third-order valence-corrected chi connectivity index (χ3v) is 4.80. The van der Waals surface area contributed by atoms with Crippen LogP contribution < -0.4 is 15.1 Å². The van der Waals surface area contributed by atoms with Crippen LogP contribution in [0.2, 0.25) is 0 Å². The predicted molar refractivity (Wildman–Crippen MR) is 97.0 cm³/mol. The minimum absolute atomic E-state index is 0.0648. The molecule has 0 bridgehead atoms. The van der Waals surface area contributed by atoms with Gasteiger partial charge < -0.3 is 24.0 Å². The number of hydrogen-bond donors (Lipinski definition) is 3. The molecule has 3 aromatic rings. The molecule has 4 rings (SSSR count). The summed E-state index contributed by atoms with van der Waals surface area (Å²) in [7, 11) is 0. The molecule has 3 N–H and O–H groups in total. The normalized spacial score (nSPS) is 19.5. The maximum Gasteiger partial charge on any atom is 0.283 e. The Morgan fingerprint density at radius 3 is 2.54 bits per heavy atom. The Morgan fingerprint density at radius 1 is 1.07 bits per heavy atom. The highest BCUT2D eigenvalue weighted by Gasteiger charge is 2.26. The second-order valence-electron chi connectivity index (χ2n) is 6.89. The van der Waals surface area contributed by atoms with Gasteiger partial charge >= 0.3 is 0 Å². The molecule has 1 fully saturated rings. The fraction of sp³-hybridized carbons (Fsp3) is 0.316. The van der Waals surface area contributed by atoms with Gasteiger partial charge in [0.15, 0.2) is 18.8 Å². The van der Waals surface area contributed by atoms with Crippen LogP contribution in [0.1, 0.15) is 5.89 Å². The summed E-state index contributed by atoms with van der Waals surface area (Å²) in [6.45, 7) is 4.64. The van der Waals surface area contributed by atoms with E-state index >= 15 is 0 Å². The summed E-state index contributed by atoms with van der Waals surface area (Å²) in [5, 5.41) is 10.9. The molecule has 1 saturated heterocycles. The standard InChI is InChI=1S/C19H20FN5O3/c20-14-3-5-15(6-4-14)21-17(26)12-24-7-9-25(10-8-24)13-18-22-23-19(28-18)16-2-1-11-27-16/h1-6,11H,7-10,12-13H2,(H,21,26)/p+2. The van der Waals surface area contributed by atoms with Gasteiger partial charge in [-0.3, -0.25) is 4.79 Å². The minimum Gasteiger partial charge on any atom is -0.459 e. The average Bonchev–Trinajstić information content (AvgIpc) is 3.37. The number of hydrogen-bond acceptors (Lipinski definition) is 5. The SMILES string of the molecule is O=C(C[NH+]1CC[NH+](Cc2nnc(-c3ccco3)o2)CC1)Nc1ccc(F)cc1. The molecule has 0 unspecified atom stereocenters. The molecule has 3 heterocycles. The van der Waals surface area contributed by atoms with Crippen LogP contribution in [0.3, 0.4) is 0 Å². The summed E-state index contributed by atoms with van der Waals surface area (Å²) in [4.78, 5) is 14.8. The smallest absolute Gasteiger partial charge is 0.283 e. The molecule has 1 amide bonds. The number of halogens is 1. The van der Waals surface area contributed by atoms with Crippen LogP contribution in [0.5, 0.6) is 0 Å². The zero-order valence-corrected chi connectivity index (χ0v) is 15.3. The lowest BCUT2D eigenvalue weighted by molar-refractivity contribution is -1.02. The number of rotatable bonds is 6. The number of piperazine rings is 1. The second kappa shape index (κ2) is 8.32. The Balaban J connectivity index is 1.22. The first-order chi connectivity index (χ1) is 13.7. The van der Waals surface area contributed by atoms with Crippen LogP contribution in [-0.2, 0) is 11.3 Å². The first-order valence-electron chi connectivity index (χ1n) is 9.24. The van der Waals surface area contributed by atoms with E-state index in [4.69, 9.17) is 8.83 Å². The van der Waals surface area contributed by atoms with Crippen molar-refractivity contribution in [3.63, 3.8) is 0 Å². The van der Waals surface area contributed by atoms with Gasteiger partial charge in [0.05, 0.1) is 6.26 Å². The summed E-state index contributed by atoms with van der Waals surface area (Å²) in [5.41, 5.74) is 0.610. The van der Waals surface area contributed by atoms with Crippen LogP contribution in [-0.4, -0.2) is 48.8 Å². The van der Waals surface area contributed by atoms with Gasteiger partial charge in [-0.2, -0.15) is 0 Å². The number of benzene rings is 1. The Kier molecular flexibility index (Phi) is 5.45. The summed E-state index contributed by atoms with van der Waals surface area (Å²) < 4.78 is 23.8. The van der Waals surface area contributed by atoms with Crippen molar-refractivity contribution in [2.24, 2.45) is 0 Å². The first kappa shape index (κ1) is 18.3. The van der Waals surface area contributed by atoms with E-state index in [9.17, 15) is 9.18 Å². The van der Waals surface area contributed by atoms with Crippen molar-refractivity contribution in [1.82, 2.24) is 10.2 Å². The van der Waals surface area contributed by atoms with E-state index < -0.39 is 0 Å². The van der Waals surface area contributed by atoms with Gasteiger partial charge in [0.1, 0.15) is 32.0 Å². The van der Waals surface area contributed by atoms with Crippen LogP contribution in [0.25, 0.3) is 11.7 Å². The molecule has 8 nitrogen and oxygen atoms in total. The van der Waals surface area contributed by atoms with Gasteiger partial charge in [-0.15, -0.1) is 10.2 Å². The van der Waals surface area contributed by atoms with Gasteiger partial charge in [0.2, 0.25) is 0 Å². The number of quaternary nitrogens is 2. The molecule has 1 aliphatic heterocycles. The molecule has 2 aromatic heterocycles. The summed E-state index contributed by atoms with van der Waals surface area (Å²) in [6, 6.07) is 9.35. The lowest BCUT2D eigenvalue weighted by atomic mass is 10.3. The largest absolute Gasteiger partial charge is 0.459 e. The molecule has 28 heavy (non-hydrogen) atoms. The number of carbonyl (C=O) groups excluding carboxylic acids is 1. The van der Waals surface area contributed by atoms with Gasteiger partial charge in [0.25, 0.3) is 17.7 Å². The minimum atomic E-state index is -0.319. The third kappa shape index (κ3) is 4.62. The monoisotopic (exact) mass is 387 g/mol. The molecule has 1 aromatic carbocycles. The molecule has 0 radical (unpaired) electrons. The quantitative estimate of drug-likeness (QED) is 0.525. The first-order valence-corrected chi connectivity index (χ1v) is 9.24. The van der Waals surface area contributed by atoms with E-state index in [-0.39, 0.29) is 11.7 Å². The molecule has 0 atom stereocenters. The van der Waals surface area contributed by atoms with Gasteiger partial charge in [-0.05, 0) is 36.4 Å². The number of nitrogens with one attached hydrogen (secondary N) is 3. The number of anilines is 1. The summed E-state index contributed by atoms with van der Waals surface area (Å²) in [6.07, 6.45) is 1.57. The molecule has 0 saturated carbocycles. The molecular formula is C19H22FN5O3+2. The van der Waals surface area contributed by atoms with Crippen LogP contribution in [0.15, 0.2) is 51.5 Å². The fourth-order valence-corrected chi connectivity index (χ4v) is 3.31. The average molecular weight is 387 g/mol. The molecule has 0 spiro atoms. The number of amides is 1. The van der Waals surface area contributed by atoms with Crippen molar-refractivity contribution in [1.29, 1.82) is 0 Å². The van der Waals surface area contributed by atoms with Gasteiger partial charge in [0, 0.05) is 5.69 Å². The van der Waals surface area contributed by atoms with Crippen molar-refractivity contribution in [3.8, 4) is 11.7 Å². The molecule has 146 valence electrons. The second-order valence-corrected chi connectivity index (χ2v) is 6.89. The molecular weight excluding hydrogens is 365 g/mol. The lowest BCUT2D eigenvalue weighted by Gasteiger charge is -2.28. The van der Waals surface area contributed by atoms with Gasteiger partial charge in [-0.1, -0.05) is 0 Å². The van der Waals surface area contributed by atoms with Crippen molar-refractivity contribution in [2.75, 3.05) is 38.0 Å². The number of furan rings is 1. The van der Waals surface area contributed by atoms with Crippen molar-refractivity contribution < 1.29 is 27.8 Å². The van der Waals surface area contributed by atoms with Gasteiger partial charge in [-0.25, -0.2) is 4.39 Å². The van der Waals surface area contributed by atoms with Crippen molar-refractivity contribution in [2.45, 2.75) is 6.54 Å². The van der Waals surface area contributed by atoms with E-state index in [1.807, 2.05) is 0 Å². The van der Waals surface area contributed by atoms with E-state index in [1.54, 1.807) is 30.5 Å². The third-order valence-electron chi connectivity index (χ3n) is 4.80. The lowest BCUT2D eigenvalue weighted by Crippen LogP contribution is -3.28. The Labute approximate surface area is 160 Å². The Morgan fingerprint density at radius 2 is 1.82 bits per heavy atom. The maximum atomic E-state index is 12.9. The maximum absolute atomic E-state index is 12.9. The van der Waals surface area contributed by atoms with E-state index in [0.29, 0.717) is 36.3 Å². The van der Waals surface area contributed by atoms with Crippen LogP contribution in [0, 0.1) is 5.82 Å². The van der Waals surface area contributed by atoms with Crippen LogP contribution >= 0.6 is 0 Å². The van der Waals surface area contributed by atoms with Crippen molar-refractivity contribution >= 4 is 11.6 Å². The number of aromatic nitrogens is 2. The van der Waals surface area contributed by atoms with E-state index in [0.717, 1.165) is 26.2 Å². The summed E-state index contributed by atoms with van der Waals surface area (Å²) in [5.74, 6) is 1.15. The highest BCUT2D eigenvalue weighted by Crippen LogP contribution is 2.17. The predicted octanol–water partition coefficient (Wildman–Crippen LogP) is -0.609. The molecule has 1 aliphatic rings. The number of nitrogens with zero attached hydrogens (tertiary/aromatic N) is 2. The highest BCUT2D eigenvalue weighted by molar-refractivity contribution is 5.91. The zero-order chi connectivity index (χ0) is 19.3. The van der Waals surface area contributed by atoms with E-state index in [2.05, 4.69) is 15.5 Å². The Bertz CT molecular complexity index is 902. The highest BCUT2D eigenvalue weighted by atomic mass is 19.1. The van der Waals surface area contributed by atoms with Crippen molar-refractivity contribution in [3.05, 3.63) is 54.4 Å². The van der Waals surface area contributed by atoms with E-state index in [1.165, 1.54) is 21.9 Å². The zero-order valence-electron chi connectivity index (χ0n) is 15.3.